The largest absolute Gasteiger partial charge is 0.459 e. The fraction of sp³-hybridized carbons (Fsp3) is 0.500. The van der Waals surface area contributed by atoms with Crippen molar-refractivity contribution in [2.24, 2.45) is 0 Å². The lowest BCUT2D eigenvalue weighted by atomic mass is 10.2. The SMILES string of the molecule is CC(C)(C)OC(=O)CS(=O)(=O)c1ccc(I)s1. The Hall–Kier alpha value is -0.150. The van der Waals surface area contributed by atoms with Crippen LogP contribution in [0.3, 0.4) is 0 Å². The molecule has 4 nitrogen and oxygen atoms in total. The van der Waals surface area contributed by atoms with E-state index < -0.39 is 27.2 Å². The van der Waals surface area contributed by atoms with E-state index >= 15 is 0 Å². The summed E-state index contributed by atoms with van der Waals surface area (Å²) in [7, 11) is -3.57. The van der Waals surface area contributed by atoms with Crippen molar-refractivity contribution in [3.63, 3.8) is 0 Å². The standard InChI is InChI=1S/C10H13IO4S2/c1-10(2,3)15-8(12)6-17(13,14)9-5-4-7(11)16-9/h4-5H,6H2,1-3H3. The molecule has 0 fully saturated rings. The molecule has 0 saturated carbocycles. The van der Waals surface area contributed by atoms with Gasteiger partial charge in [0.1, 0.15) is 9.81 Å². The minimum absolute atomic E-state index is 0.202. The molecule has 0 bridgehead atoms. The van der Waals surface area contributed by atoms with E-state index in [1.165, 1.54) is 6.07 Å². The number of carbonyl (C=O) groups is 1. The Balaban J connectivity index is 2.78. The normalized spacial score (nSPS) is 12.5. The third-order valence-electron chi connectivity index (χ3n) is 1.58. The third kappa shape index (κ3) is 4.92. The van der Waals surface area contributed by atoms with Gasteiger partial charge in [0.15, 0.2) is 15.6 Å². The van der Waals surface area contributed by atoms with Crippen molar-refractivity contribution in [3.8, 4) is 0 Å². The van der Waals surface area contributed by atoms with Crippen LogP contribution in [-0.2, 0) is 19.4 Å². The quantitative estimate of drug-likeness (QED) is 0.590. The smallest absolute Gasteiger partial charge is 0.322 e. The van der Waals surface area contributed by atoms with Crippen LogP contribution in [0.25, 0.3) is 0 Å². The molecule has 17 heavy (non-hydrogen) atoms. The first-order chi connectivity index (χ1) is 7.60. The monoisotopic (exact) mass is 388 g/mol. The molecular weight excluding hydrogens is 375 g/mol. The average Bonchev–Trinajstić information content (AvgIpc) is 2.46. The molecule has 0 amide bonds. The van der Waals surface area contributed by atoms with Crippen molar-refractivity contribution in [2.45, 2.75) is 30.6 Å². The van der Waals surface area contributed by atoms with E-state index in [2.05, 4.69) is 0 Å². The fourth-order valence-electron chi connectivity index (χ4n) is 1.06. The molecule has 0 atom stereocenters. The maximum atomic E-state index is 11.8. The highest BCUT2D eigenvalue weighted by atomic mass is 127. The number of sulfone groups is 1. The minimum Gasteiger partial charge on any atom is -0.459 e. The number of carbonyl (C=O) groups excluding carboxylic acids is 1. The van der Waals surface area contributed by atoms with Crippen LogP contribution in [0, 0.1) is 2.88 Å². The number of esters is 1. The molecule has 0 aromatic carbocycles. The van der Waals surface area contributed by atoms with E-state index in [-0.39, 0.29) is 4.21 Å². The molecule has 0 aliphatic heterocycles. The number of ether oxygens (including phenoxy) is 1. The zero-order valence-electron chi connectivity index (χ0n) is 9.69. The fourth-order valence-corrected chi connectivity index (χ4v) is 4.61. The number of thiophene rings is 1. The first-order valence-corrected chi connectivity index (χ1v) is 8.35. The molecular formula is C10H13IO4S2. The molecule has 0 N–H and O–H groups in total. The van der Waals surface area contributed by atoms with E-state index in [0.29, 0.717) is 0 Å². The van der Waals surface area contributed by atoms with Crippen LogP contribution >= 0.6 is 33.9 Å². The first-order valence-electron chi connectivity index (χ1n) is 4.80. The van der Waals surface area contributed by atoms with Crippen molar-refractivity contribution in [1.29, 1.82) is 0 Å². The predicted octanol–water partition coefficient (Wildman–Crippen LogP) is 2.47. The van der Waals surface area contributed by atoms with Crippen molar-refractivity contribution in [2.75, 3.05) is 5.75 Å². The van der Waals surface area contributed by atoms with Crippen LogP contribution in [-0.4, -0.2) is 25.7 Å². The summed E-state index contributed by atoms with van der Waals surface area (Å²) in [6.45, 7) is 5.10. The maximum absolute atomic E-state index is 11.8. The first kappa shape index (κ1) is 14.9. The maximum Gasteiger partial charge on any atom is 0.322 e. The van der Waals surface area contributed by atoms with E-state index in [9.17, 15) is 13.2 Å². The van der Waals surface area contributed by atoms with Gasteiger partial charge in [-0.05, 0) is 55.5 Å². The van der Waals surface area contributed by atoms with Gasteiger partial charge in [-0.2, -0.15) is 0 Å². The van der Waals surface area contributed by atoms with Gasteiger partial charge in [0, 0.05) is 0 Å². The van der Waals surface area contributed by atoms with Crippen LogP contribution in [0.15, 0.2) is 16.3 Å². The molecule has 0 unspecified atom stereocenters. The van der Waals surface area contributed by atoms with Gasteiger partial charge >= 0.3 is 5.97 Å². The molecule has 0 aliphatic rings. The Labute approximate surface area is 118 Å². The Morgan fingerprint density at radius 2 is 2.00 bits per heavy atom. The Morgan fingerprint density at radius 3 is 2.41 bits per heavy atom. The number of hydrogen-bond donors (Lipinski definition) is 0. The lowest BCUT2D eigenvalue weighted by Gasteiger charge is -2.19. The number of hydrogen-bond acceptors (Lipinski definition) is 5. The topological polar surface area (TPSA) is 60.4 Å². The summed E-state index contributed by atoms with van der Waals surface area (Å²) in [5, 5.41) is 0. The molecule has 96 valence electrons. The van der Waals surface area contributed by atoms with Gasteiger partial charge in [0.25, 0.3) is 0 Å². The zero-order valence-corrected chi connectivity index (χ0v) is 13.5. The Bertz CT molecular complexity index is 511. The van der Waals surface area contributed by atoms with Gasteiger partial charge in [-0.25, -0.2) is 8.42 Å². The van der Waals surface area contributed by atoms with Crippen LogP contribution in [0.5, 0.6) is 0 Å². The molecule has 0 aliphatic carbocycles. The number of rotatable bonds is 3. The molecule has 0 saturated heterocycles. The summed E-state index contributed by atoms with van der Waals surface area (Å²) < 4.78 is 29.8. The molecule has 0 radical (unpaired) electrons. The summed E-state index contributed by atoms with van der Waals surface area (Å²) in [5.41, 5.74) is -0.670. The average molecular weight is 388 g/mol. The van der Waals surface area contributed by atoms with Crippen LogP contribution in [0.1, 0.15) is 20.8 Å². The van der Waals surface area contributed by atoms with E-state index in [0.717, 1.165) is 14.2 Å². The van der Waals surface area contributed by atoms with E-state index in [4.69, 9.17) is 4.74 Å². The molecule has 7 heteroatoms. The summed E-state index contributed by atoms with van der Waals surface area (Å²) >= 11 is 3.18. The lowest BCUT2D eigenvalue weighted by molar-refractivity contribution is -0.151. The van der Waals surface area contributed by atoms with Crippen molar-refractivity contribution in [1.82, 2.24) is 0 Å². The molecule has 1 aromatic rings. The lowest BCUT2D eigenvalue weighted by Crippen LogP contribution is -2.28. The van der Waals surface area contributed by atoms with Gasteiger partial charge in [-0.1, -0.05) is 0 Å². The van der Waals surface area contributed by atoms with Gasteiger partial charge in [0.2, 0.25) is 0 Å². The summed E-state index contributed by atoms with van der Waals surface area (Å²) in [4.78, 5) is 11.5. The highest BCUT2D eigenvalue weighted by molar-refractivity contribution is 14.1. The second-order valence-corrected chi connectivity index (χ2v) is 9.60. The van der Waals surface area contributed by atoms with Crippen LogP contribution in [0.4, 0.5) is 0 Å². The van der Waals surface area contributed by atoms with Gasteiger partial charge in [-0.15, -0.1) is 11.3 Å². The predicted molar refractivity (Wildman–Crippen MR) is 74.9 cm³/mol. The van der Waals surface area contributed by atoms with Crippen molar-refractivity contribution >= 4 is 49.7 Å². The summed E-state index contributed by atoms with van der Waals surface area (Å²) in [6, 6.07) is 3.21. The van der Waals surface area contributed by atoms with E-state index in [1.54, 1.807) is 26.8 Å². The number of halogens is 1. The molecule has 1 rings (SSSR count). The van der Waals surface area contributed by atoms with Gasteiger partial charge in [0.05, 0.1) is 2.88 Å². The van der Waals surface area contributed by atoms with Crippen molar-refractivity contribution < 1.29 is 17.9 Å². The molecule has 1 heterocycles. The van der Waals surface area contributed by atoms with Crippen molar-refractivity contribution in [3.05, 3.63) is 15.0 Å². The van der Waals surface area contributed by atoms with E-state index in [1.807, 2.05) is 22.6 Å². The Morgan fingerprint density at radius 1 is 1.41 bits per heavy atom. The zero-order chi connectivity index (χ0) is 13.3. The van der Waals surface area contributed by atoms with Gasteiger partial charge < -0.3 is 4.74 Å². The summed E-state index contributed by atoms with van der Waals surface area (Å²) in [6.07, 6.45) is 0. The summed E-state index contributed by atoms with van der Waals surface area (Å²) in [5.74, 6) is -1.33. The highest BCUT2D eigenvalue weighted by Gasteiger charge is 2.25. The second-order valence-electron chi connectivity index (χ2n) is 4.40. The van der Waals surface area contributed by atoms with Crippen LogP contribution < -0.4 is 0 Å². The molecule has 0 spiro atoms. The highest BCUT2D eigenvalue weighted by Crippen LogP contribution is 2.24. The third-order valence-corrected chi connectivity index (χ3v) is 5.65. The Kier molecular flexibility index (Phi) is 4.59. The second kappa shape index (κ2) is 5.23. The van der Waals surface area contributed by atoms with Crippen LogP contribution in [0.2, 0.25) is 0 Å². The molecule has 1 aromatic heterocycles. The van der Waals surface area contributed by atoms with Gasteiger partial charge in [-0.3, -0.25) is 4.79 Å². The minimum atomic E-state index is -3.57.